The second kappa shape index (κ2) is 7.49. The molecule has 0 saturated carbocycles. The number of rotatable bonds is 5. The summed E-state index contributed by atoms with van der Waals surface area (Å²) in [7, 11) is 0. The molecule has 0 spiro atoms. The molecule has 1 unspecified atom stereocenters. The summed E-state index contributed by atoms with van der Waals surface area (Å²) in [6.07, 6.45) is 4.47. The molecule has 4 heteroatoms. The topological polar surface area (TPSA) is 44.4 Å². The lowest BCUT2D eigenvalue weighted by molar-refractivity contribution is 0.192. The molecule has 0 aliphatic carbocycles. The number of unbranched alkanes of at least 4 members (excludes halogenated alkanes) is 1. The van der Waals surface area contributed by atoms with E-state index in [1.54, 1.807) is 0 Å². The maximum Gasteiger partial charge on any atom is 0.315 e. The highest BCUT2D eigenvalue weighted by molar-refractivity contribution is 5.74. The summed E-state index contributed by atoms with van der Waals surface area (Å²) >= 11 is 0. The van der Waals surface area contributed by atoms with Gasteiger partial charge in [-0.3, -0.25) is 0 Å². The lowest BCUT2D eigenvalue weighted by Crippen LogP contribution is -2.50. The third kappa shape index (κ3) is 4.84. The van der Waals surface area contributed by atoms with E-state index in [2.05, 4.69) is 29.4 Å². The molecule has 0 aromatic rings. The Balaban J connectivity index is 2.17. The molecule has 0 radical (unpaired) electrons. The summed E-state index contributed by atoms with van der Waals surface area (Å²) in [5, 5.41) is 5.95. The van der Waals surface area contributed by atoms with E-state index in [1.807, 2.05) is 0 Å². The molecule has 1 saturated heterocycles. The maximum atomic E-state index is 11.5. The monoisotopic (exact) mass is 227 g/mol. The number of carbonyl (C=O) groups is 1. The van der Waals surface area contributed by atoms with Gasteiger partial charge >= 0.3 is 6.03 Å². The van der Waals surface area contributed by atoms with E-state index in [-0.39, 0.29) is 6.03 Å². The van der Waals surface area contributed by atoms with Crippen molar-refractivity contribution in [2.24, 2.45) is 0 Å². The highest BCUT2D eigenvalue weighted by Gasteiger charge is 2.19. The summed E-state index contributed by atoms with van der Waals surface area (Å²) in [6, 6.07) is 0.326. The first-order chi connectivity index (χ1) is 7.76. The third-order valence-corrected chi connectivity index (χ3v) is 3.10. The molecule has 2 amide bonds. The highest BCUT2D eigenvalue weighted by atomic mass is 16.2. The molecule has 1 heterocycles. The molecule has 1 aliphatic heterocycles. The van der Waals surface area contributed by atoms with Crippen LogP contribution in [0.5, 0.6) is 0 Å². The zero-order valence-electron chi connectivity index (χ0n) is 10.6. The Hall–Kier alpha value is -0.770. The first-order valence-electron chi connectivity index (χ1n) is 6.53. The van der Waals surface area contributed by atoms with Crippen LogP contribution < -0.4 is 10.6 Å². The number of hydrogen-bond donors (Lipinski definition) is 2. The van der Waals surface area contributed by atoms with Crippen LogP contribution >= 0.6 is 0 Å². The van der Waals surface area contributed by atoms with Gasteiger partial charge in [-0.05, 0) is 32.4 Å². The number of likely N-dealkylation sites (N-methyl/N-ethyl adjacent to an activating group) is 1. The average molecular weight is 227 g/mol. The largest absolute Gasteiger partial charge is 0.338 e. The summed E-state index contributed by atoms with van der Waals surface area (Å²) < 4.78 is 0. The van der Waals surface area contributed by atoms with Crippen LogP contribution in [0.3, 0.4) is 0 Å². The van der Waals surface area contributed by atoms with Crippen LogP contribution in [0.4, 0.5) is 4.79 Å². The van der Waals surface area contributed by atoms with Crippen LogP contribution in [0.1, 0.15) is 39.5 Å². The summed E-state index contributed by atoms with van der Waals surface area (Å²) in [6.45, 7) is 8.33. The maximum absolute atomic E-state index is 11.5. The van der Waals surface area contributed by atoms with Crippen LogP contribution in [0, 0.1) is 0 Å². The van der Waals surface area contributed by atoms with Crippen molar-refractivity contribution in [2.75, 3.05) is 26.2 Å². The molecule has 94 valence electrons. The fourth-order valence-electron chi connectivity index (χ4n) is 2.08. The number of hydrogen-bond acceptors (Lipinski definition) is 2. The summed E-state index contributed by atoms with van der Waals surface area (Å²) in [5.41, 5.74) is 0. The van der Waals surface area contributed by atoms with E-state index < -0.39 is 0 Å². The van der Waals surface area contributed by atoms with Crippen molar-refractivity contribution in [3.8, 4) is 0 Å². The van der Waals surface area contributed by atoms with E-state index in [1.165, 1.54) is 13.0 Å². The number of urea groups is 1. The molecule has 4 nitrogen and oxygen atoms in total. The molecular weight excluding hydrogens is 202 g/mol. The Kier molecular flexibility index (Phi) is 6.23. The smallest absolute Gasteiger partial charge is 0.315 e. The minimum atomic E-state index is -0.00333. The van der Waals surface area contributed by atoms with E-state index in [9.17, 15) is 4.79 Å². The molecule has 0 aromatic heterocycles. The number of amides is 2. The van der Waals surface area contributed by atoms with E-state index in [0.717, 1.165) is 38.9 Å². The zero-order chi connectivity index (χ0) is 11.8. The molecule has 0 bridgehead atoms. The quantitative estimate of drug-likeness (QED) is 0.700. The van der Waals surface area contributed by atoms with Gasteiger partial charge in [0.05, 0.1) is 0 Å². The van der Waals surface area contributed by atoms with Gasteiger partial charge in [-0.1, -0.05) is 20.3 Å². The van der Waals surface area contributed by atoms with Crippen LogP contribution in [-0.4, -0.2) is 43.2 Å². The molecule has 0 aromatic carbocycles. The van der Waals surface area contributed by atoms with Crippen molar-refractivity contribution in [3.05, 3.63) is 0 Å². The molecule has 2 N–H and O–H groups in total. The van der Waals surface area contributed by atoms with Crippen molar-refractivity contribution in [2.45, 2.75) is 45.6 Å². The molecule has 1 atom stereocenters. The average Bonchev–Trinajstić information content (AvgIpc) is 2.29. The van der Waals surface area contributed by atoms with Crippen LogP contribution in [0.25, 0.3) is 0 Å². The number of likely N-dealkylation sites (tertiary alicyclic amines) is 1. The van der Waals surface area contributed by atoms with Gasteiger partial charge in [0.15, 0.2) is 0 Å². The Labute approximate surface area is 98.8 Å². The molecule has 16 heavy (non-hydrogen) atoms. The number of nitrogens with zero attached hydrogens (tertiary/aromatic N) is 1. The Morgan fingerprint density at radius 1 is 1.44 bits per heavy atom. The molecule has 1 rings (SSSR count). The van der Waals surface area contributed by atoms with Crippen molar-refractivity contribution in [3.63, 3.8) is 0 Å². The predicted octanol–water partition coefficient (Wildman–Crippen LogP) is 1.57. The summed E-state index contributed by atoms with van der Waals surface area (Å²) in [5.74, 6) is 0. The SMILES string of the molecule is CCCCNC(=O)NC1CCCN(CC)C1. The third-order valence-electron chi connectivity index (χ3n) is 3.10. The second-order valence-corrected chi connectivity index (χ2v) is 4.49. The van der Waals surface area contributed by atoms with Gasteiger partial charge < -0.3 is 15.5 Å². The van der Waals surface area contributed by atoms with E-state index >= 15 is 0 Å². The van der Waals surface area contributed by atoms with Gasteiger partial charge in [0, 0.05) is 19.1 Å². The standard InChI is InChI=1S/C12H25N3O/c1-3-5-8-13-12(16)14-11-7-6-9-15(4-2)10-11/h11H,3-10H2,1-2H3,(H2,13,14,16). The van der Waals surface area contributed by atoms with Crippen LogP contribution in [-0.2, 0) is 0 Å². The van der Waals surface area contributed by atoms with Gasteiger partial charge in [0.2, 0.25) is 0 Å². The molecule has 1 fully saturated rings. The number of nitrogens with one attached hydrogen (secondary N) is 2. The Morgan fingerprint density at radius 2 is 2.25 bits per heavy atom. The first-order valence-corrected chi connectivity index (χ1v) is 6.53. The second-order valence-electron chi connectivity index (χ2n) is 4.49. The minimum Gasteiger partial charge on any atom is -0.338 e. The van der Waals surface area contributed by atoms with Crippen molar-refractivity contribution >= 4 is 6.03 Å². The minimum absolute atomic E-state index is 0.00333. The lowest BCUT2D eigenvalue weighted by Gasteiger charge is -2.32. The van der Waals surface area contributed by atoms with Gasteiger partial charge in [0.1, 0.15) is 0 Å². The number of carbonyl (C=O) groups excluding carboxylic acids is 1. The molecular formula is C12H25N3O. The van der Waals surface area contributed by atoms with Gasteiger partial charge in [-0.2, -0.15) is 0 Å². The van der Waals surface area contributed by atoms with Crippen molar-refractivity contribution in [1.82, 2.24) is 15.5 Å². The molecule has 1 aliphatic rings. The van der Waals surface area contributed by atoms with Crippen LogP contribution in [0.15, 0.2) is 0 Å². The Morgan fingerprint density at radius 3 is 2.94 bits per heavy atom. The first kappa shape index (κ1) is 13.3. The van der Waals surface area contributed by atoms with Gasteiger partial charge in [0.25, 0.3) is 0 Å². The normalized spacial score (nSPS) is 21.8. The van der Waals surface area contributed by atoms with E-state index in [0.29, 0.717) is 6.04 Å². The van der Waals surface area contributed by atoms with E-state index in [4.69, 9.17) is 0 Å². The van der Waals surface area contributed by atoms with Gasteiger partial charge in [-0.25, -0.2) is 4.79 Å². The predicted molar refractivity (Wildman–Crippen MR) is 66.6 cm³/mol. The zero-order valence-corrected chi connectivity index (χ0v) is 10.6. The van der Waals surface area contributed by atoms with Crippen molar-refractivity contribution in [1.29, 1.82) is 0 Å². The number of piperidine rings is 1. The summed E-state index contributed by atoms with van der Waals surface area (Å²) in [4.78, 5) is 13.9. The van der Waals surface area contributed by atoms with Crippen molar-refractivity contribution < 1.29 is 4.79 Å². The van der Waals surface area contributed by atoms with Crippen LogP contribution in [0.2, 0.25) is 0 Å². The van der Waals surface area contributed by atoms with Gasteiger partial charge in [-0.15, -0.1) is 0 Å². The highest BCUT2D eigenvalue weighted by Crippen LogP contribution is 2.09. The lowest BCUT2D eigenvalue weighted by atomic mass is 10.1. The fraction of sp³-hybridized carbons (Fsp3) is 0.917. The Bertz CT molecular complexity index is 208. The fourth-order valence-corrected chi connectivity index (χ4v) is 2.08.